The van der Waals surface area contributed by atoms with Crippen LogP contribution < -0.4 is 24.8 Å². The van der Waals surface area contributed by atoms with Crippen molar-refractivity contribution in [1.82, 2.24) is 0 Å². The van der Waals surface area contributed by atoms with Crippen LogP contribution in [0.1, 0.15) is 35.9 Å². The Morgan fingerprint density at radius 3 is 1.54 bits per heavy atom. The van der Waals surface area contributed by atoms with Crippen LogP contribution in [0.25, 0.3) is 12.2 Å². The molecule has 0 nitrogen and oxygen atoms in total. The average molecular weight is 435 g/mol. The van der Waals surface area contributed by atoms with Gasteiger partial charge in [-0.2, -0.15) is 0 Å². The number of rotatable bonds is 2. The molecule has 1 aliphatic heterocycles. The Labute approximate surface area is 161 Å². The summed E-state index contributed by atoms with van der Waals surface area (Å²) in [5.41, 5.74) is 6.23. The molecule has 0 aromatic heterocycles. The normalized spacial score (nSPS) is 23.0. The maximum Gasteiger partial charge on any atom is -1.00 e. The van der Waals surface area contributed by atoms with Crippen molar-refractivity contribution in [3.63, 3.8) is 0 Å². The smallest absolute Gasteiger partial charge is 1.00 e. The van der Waals surface area contributed by atoms with Crippen molar-refractivity contribution in [3.05, 3.63) is 82.9 Å². The molecule has 122 valence electrons. The van der Waals surface area contributed by atoms with Gasteiger partial charge in [-0.3, -0.25) is 0 Å². The summed E-state index contributed by atoms with van der Waals surface area (Å²) in [6, 6.07) is 18.2. The molecule has 2 aromatic carbocycles. The maximum absolute atomic E-state index is 2.56. The van der Waals surface area contributed by atoms with Crippen molar-refractivity contribution in [3.8, 4) is 0 Å². The number of allylic oxidation sites excluding steroid dienone is 2. The number of hydrogen-bond acceptors (Lipinski definition) is 0. The molecule has 1 saturated heterocycles. The van der Waals surface area contributed by atoms with Crippen LogP contribution in [0.5, 0.6) is 0 Å². The van der Waals surface area contributed by atoms with Gasteiger partial charge in [0, 0.05) is 0 Å². The van der Waals surface area contributed by atoms with Crippen LogP contribution in [0.4, 0.5) is 0 Å². The third-order valence-corrected chi connectivity index (χ3v) is 21.0. The van der Waals surface area contributed by atoms with Crippen LogP contribution in [-0.4, -0.2) is 0 Å². The van der Waals surface area contributed by atoms with Crippen LogP contribution in [-0.2, 0) is 20.3 Å². The number of benzene rings is 2. The molecule has 0 saturated carbocycles. The summed E-state index contributed by atoms with van der Waals surface area (Å²) in [4.78, 5) is 0. The van der Waals surface area contributed by atoms with Crippen molar-refractivity contribution in [2.45, 2.75) is 21.9 Å². The Morgan fingerprint density at radius 1 is 0.667 bits per heavy atom. The minimum atomic E-state index is -2.25. The molecule has 3 heteroatoms. The van der Waals surface area contributed by atoms with Gasteiger partial charge in [0.1, 0.15) is 0 Å². The molecule has 2 atom stereocenters. The molecule has 5 rings (SSSR count). The van der Waals surface area contributed by atoms with Crippen molar-refractivity contribution in [1.29, 1.82) is 0 Å². The minimum Gasteiger partial charge on any atom is -1.00 e. The summed E-state index contributed by atoms with van der Waals surface area (Å²) in [6.45, 7) is 0. The molecule has 2 aromatic rings. The summed E-state index contributed by atoms with van der Waals surface area (Å²) in [5, 5.41) is 0. The first-order valence-electron chi connectivity index (χ1n) is 8.43. The monoisotopic (exact) mass is 432 g/mol. The summed E-state index contributed by atoms with van der Waals surface area (Å²) in [5.74, 6) is 0. The molecule has 1 heterocycles. The Bertz CT molecular complexity index is 741. The summed E-state index contributed by atoms with van der Waals surface area (Å²) >= 11 is -2.25. The van der Waals surface area contributed by atoms with Gasteiger partial charge in [0.2, 0.25) is 0 Å². The quantitative estimate of drug-likeness (QED) is 0.621. The van der Waals surface area contributed by atoms with Crippen LogP contribution in [0.15, 0.2) is 60.7 Å². The Hall–Kier alpha value is -0.617. The second-order valence-corrected chi connectivity index (χ2v) is 18.6. The molecule has 0 N–H and O–H groups in total. The van der Waals surface area contributed by atoms with Crippen molar-refractivity contribution >= 4 is 12.2 Å². The van der Waals surface area contributed by atoms with Crippen LogP contribution in [0.3, 0.4) is 0 Å². The van der Waals surface area contributed by atoms with Crippen LogP contribution in [0.2, 0.25) is 8.26 Å². The third kappa shape index (κ3) is 2.52. The first-order valence-corrected chi connectivity index (χ1v) is 14.7. The van der Waals surface area contributed by atoms with Crippen LogP contribution in [0, 0.1) is 0 Å². The fourth-order valence-electron chi connectivity index (χ4n) is 4.90. The van der Waals surface area contributed by atoms with Gasteiger partial charge >= 0.3 is 137 Å². The van der Waals surface area contributed by atoms with E-state index in [1.54, 1.807) is 19.4 Å². The van der Waals surface area contributed by atoms with E-state index >= 15 is 0 Å². The standard InChI is InChI=1S/2C9H7.C3H6.2ClH.Zr/c2*1-2-5-9-7-3-6-8(9)4-1;1-3-2;;;/h2*1-7H;1-3H2;2*1H;/q;;;;;+2/p-2. The Morgan fingerprint density at radius 2 is 1.12 bits per heavy atom. The molecular weight excluding hydrogens is 414 g/mol. The average Bonchev–Trinajstić information content (AvgIpc) is 3.13. The largest absolute Gasteiger partial charge is 1.00 e. The predicted molar refractivity (Wildman–Crippen MR) is 90.7 cm³/mol. The minimum absolute atomic E-state index is 0. The van der Waals surface area contributed by atoms with Gasteiger partial charge in [-0.25, -0.2) is 0 Å². The van der Waals surface area contributed by atoms with Gasteiger partial charge in [0.05, 0.1) is 0 Å². The Kier molecular flexibility index (Phi) is 5.26. The number of hydrogen-bond donors (Lipinski definition) is 0. The predicted octanol–water partition coefficient (Wildman–Crippen LogP) is -0.0752. The topological polar surface area (TPSA) is 0 Å². The van der Waals surface area contributed by atoms with Gasteiger partial charge in [-0.15, -0.1) is 0 Å². The molecule has 0 unspecified atom stereocenters. The fraction of sp³-hybridized carbons (Fsp3) is 0.238. The second-order valence-electron chi connectivity index (χ2n) is 7.02. The molecule has 1 fully saturated rings. The van der Waals surface area contributed by atoms with E-state index in [4.69, 9.17) is 0 Å². The van der Waals surface area contributed by atoms with E-state index < -0.39 is 20.3 Å². The molecule has 0 amide bonds. The zero-order valence-corrected chi connectivity index (χ0v) is 17.4. The third-order valence-electron chi connectivity index (χ3n) is 6.12. The van der Waals surface area contributed by atoms with Crippen LogP contribution >= 0.6 is 0 Å². The second kappa shape index (κ2) is 6.95. The first-order chi connectivity index (χ1) is 10.9. The van der Waals surface area contributed by atoms with Gasteiger partial charge in [0.25, 0.3) is 0 Å². The molecule has 2 aliphatic carbocycles. The van der Waals surface area contributed by atoms with E-state index in [-0.39, 0.29) is 24.8 Å². The molecular formula is C21H20Cl2Zr. The van der Waals surface area contributed by atoms with Gasteiger partial charge in [-0.1, -0.05) is 0 Å². The SMILES string of the molecule is C1=C[C@@H]([Zr+2]2([C@H]3C=Cc4ccccc43)[CH2]C[CH2]2)c2ccccc21.[Cl-].[Cl-]. The molecule has 0 bridgehead atoms. The van der Waals surface area contributed by atoms with Gasteiger partial charge < -0.3 is 24.8 Å². The number of fused-ring (bicyclic) bond motifs is 2. The van der Waals surface area contributed by atoms with E-state index in [9.17, 15) is 0 Å². The Balaban J connectivity index is 0.000000845. The summed E-state index contributed by atoms with van der Waals surface area (Å²) < 4.78 is 4.70. The number of halogens is 2. The van der Waals surface area contributed by atoms with E-state index in [0.717, 1.165) is 7.25 Å². The zero-order valence-electron chi connectivity index (χ0n) is 13.5. The van der Waals surface area contributed by atoms with Crippen molar-refractivity contribution in [2.75, 3.05) is 0 Å². The summed E-state index contributed by atoms with van der Waals surface area (Å²) in [7, 11) is 0. The van der Waals surface area contributed by atoms with Gasteiger partial charge in [0.15, 0.2) is 0 Å². The first kappa shape index (κ1) is 18.2. The van der Waals surface area contributed by atoms with Crippen molar-refractivity contribution in [2.24, 2.45) is 0 Å². The van der Waals surface area contributed by atoms with E-state index in [0.29, 0.717) is 0 Å². The molecule has 0 spiro atoms. The zero-order chi connectivity index (χ0) is 14.6. The molecule has 0 radical (unpaired) electrons. The summed E-state index contributed by atoms with van der Waals surface area (Å²) in [6.07, 6.45) is 11.4. The molecule has 3 aliphatic rings. The maximum atomic E-state index is 2.56. The van der Waals surface area contributed by atoms with Crippen molar-refractivity contribution < 1.29 is 45.1 Å². The molecule has 24 heavy (non-hydrogen) atoms. The van der Waals surface area contributed by atoms with Gasteiger partial charge in [-0.05, 0) is 0 Å². The fourth-order valence-corrected chi connectivity index (χ4v) is 18.5. The van der Waals surface area contributed by atoms with E-state index in [1.165, 1.54) is 17.5 Å². The van der Waals surface area contributed by atoms with E-state index in [1.807, 2.05) is 0 Å². The van der Waals surface area contributed by atoms with E-state index in [2.05, 4.69) is 72.8 Å².